The first-order valence-electron chi connectivity index (χ1n) is 7.61. The number of benzene rings is 1. The molecule has 24 heavy (non-hydrogen) atoms. The van der Waals surface area contributed by atoms with Crippen molar-refractivity contribution in [3.63, 3.8) is 0 Å². The third kappa shape index (κ3) is 6.17. The Bertz CT molecular complexity index is 815. The molecule has 0 fully saturated rings. The number of ether oxygens (including phenoxy) is 1. The van der Waals surface area contributed by atoms with Crippen molar-refractivity contribution in [2.24, 2.45) is 0 Å². The third-order valence-corrected chi connectivity index (χ3v) is 5.82. The second-order valence-electron chi connectivity index (χ2n) is 6.99. The summed E-state index contributed by atoms with van der Waals surface area (Å²) in [5.41, 5.74) is 1.29. The van der Waals surface area contributed by atoms with E-state index in [-0.39, 0.29) is 6.61 Å². The maximum absolute atomic E-state index is 11.2. The normalized spacial score (nSPS) is 12.9. The van der Waals surface area contributed by atoms with Gasteiger partial charge in [0.05, 0.1) is 18.4 Å². The zero-order valence-corrected chi connectivity index (χ0v) is 16.9. The molecular formula is C15H23ClN2O4SSi. The molecule has 2 aromatic rings. The molecule has 0 unspecified atom stereocenters. The van der Waals surface area contributed by atoms with Crippen molar-refractivity contribution >= 4 is 40.7 Å². The lowest BCUT2D eigenvalue weighted by atomic mass is 10.1. The van der Waals surface area contributed by atoms with Gasteiger partial charge in [0, 0.05) is 36.8 Å². The number of nitrogens with zero attached hydrogens (tertiary/aromatic N) is 2. The molecule has 6 nitrogen and oxygen atoms in total. The van der Waals surface area contributed by atoms with Gasteiger partial charge in [-0.15, -0.1) is 0 Å². The van der Waals surface area contributed by atoms with Gasteiger partial charge < -0.3 is 4.74 Å². The van der Waals surface area contributed by atoms with E-state index in [1.165, 1.54) is 0 Å². The van der Waals surface area contributed by atoms with Crippen LogP contribution < -0.4 is 0 Å². The second-order valence-corrected chi connectivity index (χ2v) is 14.7. The lowest BCUT2D eigenvalue weighted by Gasteiger charge is -2.15. The zero-order chi connectivity index (χ0) is 18.0. The summed E-state index contributed by atoms with van der Waals surface area (Å²) >= 11 is 6.09. The van der Waals surface area contributed by atoms with E-state index in [1.807, 2.05) is 6.20 Å². The lowest BCUT2D eigenvalue weighted by molar-refractivity contribution is 0.0790. The minimum Gasteiger partial charge on any atom is -0.360 e. The van der Waals surface area contributed by atoms with E-state index in [4.69, 9.17) is 20.5 Å². The Morgan fingerprint density at radius 2 is 2.00 bits per heavy atom. The Balaban J connectivity index is 2.11. The number of hydrogen-bond acceptors (Lipinski definition) is 5. The summed E-state index contributed by atoms with van der Waals surface area (Å²) in [4.78, 5) is 0. The molecule has 0 amide bonds. The summed E-state index contributed by atoms with van der Waals surface area (Å²) in [7, 11) is -4.64. The number of fused-ring (bicyclic) bond motifs is 1. The van der Waals surface area contributed by atoms with E-state index in [2.05, 4.69) is 24.7 Å². The van der Waals surface area contributed by atoms with Crippen LogP contribution in [0.5, 0.6) is 0 Å². The van der Waals surface area contributed by atoms with Gasteiger partial charge in [0.25, 0.3) is 10.1 Å². The van der Waals surface area contributed by atoms with Crippen LogP contribution in [0.2, 0.25) is 30.7 Å². The lowest BCUT2D eigenvalue weighted by Crippen LogP contribution is -2.22. The van der Waals surface area contributed by atoms with Gasteiger partial charge in [-0.3, -0.25) is 4.18 Å². The molecule has 0 bridgehead atoms. The highest BCUT2D eigenvalue weighted by Crippen LogP contribution is 2.24. The SMILES string of the molecule is C[Si](C)(C)CCOCn1cc2cc(Cl)cc(COS(C)(=O)=O)c2n1. The van der Waals surface area contributed by atoms with Gasteiger partial charge >= 0.3 is 0 Å². The molecule has 0 radical (unpaired) electrons. The van der Waals surface area contributed by atoms with Crippen molar-refractivity contribution in [3.05, 3.63) is 28.9 Å². The van der Waals surface area contributed by atoms with Gasteiger partial charge in [-0.2, -0.15) is 13.5 Å². The van der Waals surface area contributed by atoms with Crippen LogP contribution in [0.3, 0.4) is 0 Å². The standard InChI is InChI=1S/C15H23ClN2O4SSi/c1-23(19,20)22-10-13-8-14(16)7-12-9-18(17-15(12)13)11-21-5-6-24(2,3)4/h7-9H,5-6,10-11H2,1-4H3. The molecule has 0 saturated heterocycles. The summed E-state index contributed by atoms with van der Waals surface area (Å²) in [6.45, 7) is 7.86. The predicted molar refractivity (Wildman–Crippen MR) is 98.5 cm³/mol. The van der Waals surface area contributed by atoms with Crippen LogP contribution in [0.25, 0.3) is 10.9 Å². The van der Waals surface area contributed by atoms with E-state index in [9.17, 15) is 8.42 Å². The van der Waals surface area contributed by atoms with Gasteiger partial charge in [0.15, 0.2) is 0 Å². The zero-order valence-electron chi connectivity index (χ0n) is 14.4. The summed E-state index contributed by atoms with van der Waals surface area (Å²) < 4.78 is 34.6. The Hall–Kier alpha value is -0.933. The van der Waals surface area contributed by atoms with Gasteiger partial charge in [0.2, 0.25) is 0 Å². The average Bonchev–Trinajstić information content (AvgIpc) is 2.81. The highest BCUT2D eigenvalue weighted by molar-refractivity contribution is 7.85. The van der Waals surface area contributed by atoms with Crippen LogP contribution in [0, 0.1) is 0 Å². The van der Waals surface area contributed by atoms with Crippen LogP contribution in [0.1, 0.15) is 5.56 Å². The van der Waals surface area contributed by atoms with Gasteiger partial charge in [-0.25, -0.2) is 4.68 Å². The second kappa shape index (κ2) is 7.53. The molecule has 1 aromatic carbocycles. The Labute approximate surface area is 148 Å². The van der Waals surface area contributed by atoms with Crippen LogP contribution in [0.15, 0.2) is 18.3 Å². The predicted octanol–water partition coefficient (Wildman–Crippen LogP) is 3.48. The molecule has 0 N–H and O–H groups in total. The van der Waals surface area contributed by atoms with Crippen LogP contribution in [-0.4, -0.2) is 39.1 Å². The van der Waals surface area contributed by atoms with E-state index in [0.717, 1.165) is 17.7 Å². The first-order valence-corrected chi connectivity index (χ1v) is 13.5. The first-order chi connectivity index (χ1) is 11.0. The quantitative estimate of drug-likeness (QED) is 0.392. The Kier molecular flexibility index (Phi) is 6.08. The monoisotopic (exact) mass is 390 g/mol. The van der Waals surface area contributed by atoms with E-state index in [1.54, 1.807) is 16.8 Å². The van der Waals surface area contributed by atoms with E-state index < -0.39 is 18.2 Å². The molecule has 9 heteroatoms. The minimum atomic E-state index is -3.53. The van der Waals surface area contributed by atoms with Gasteiger partial charge in [-0.05, 0) is 18.2 Å². The summed E-state index contributed by atoms with van der Waals surface area (Å²) in [5, 5.41) is 5.79. The van der Waals surface area contributed by atoms with Crippen molar-refractivity contribution in [2.45, 2.75) is 39.0 Å². The molecule has 2 rings (SSSR count). The minimum absolute atomic E-state index is 0.0939. The van der Waals surface area contributed by atoms with E-state index >= 15 is 0 Å². The summed E-state index contributed by atoms with van der Waals surface area (Å²) in [6, 6.07) is 4.54. The fourth-order valence-electron chi connectivity index (χ4n) is 2.10. The van der Waals surface area contributed by atoms with Crippen molar-refractivity contribution in [1.29, 1.82) is 0 Å². The molecule has 0 atom stereocenters. The maximum atomic E-state index is 11.2. The molecule has 0 spiro atoms. The van der Waals surface area contributed by atoms with Crippen molar-refractivity contribution in [1.82, 2.24) is 9.78 Å². The Morgan fingerprint density at radius 3 is 2.62 bits per heavy atom. The molecular weight excluding hydrogens is 368 g/mol. The molecule has 0 aliphatic rings. The smallest absolute Gasteiger partial charge is 0.264 e. The number of halogens is 1. The first kappa shape index (κ1) is 19.4. The fourth-order valence-corrected chi connectivity index (χ4v) is 3.45. The van der Waals surface area contributed by atoms with Crippen molar-refractivity contribution < 1.29 is 17.3 Å². The van der Waals surface area contributed by atoms with E-state index in [0.29, 0.717) is 29.4 Å². The molecule has 0 aliphatic heterocycles. The average molecular weight is 391 g/mol. The molecule has 134 valence electrons. The number of aromatic nitrogens is 2. The number of hydrogen-bond donors (Lipinski definition) is 0. The van der Waals surface area contributed by atoms with Crippen molar-refractivity contribution in [3.8, 4) is 0 Å². The summed E-state index contributed by atoms with van der Waals surface area (Å²) in [6.07, 6.45) is 2.85. The van der Waals surface area contributed by atoms with Crippen LogP contribution >= 0.6 is 11.6 Å². The topological polar surface area (TPSA) is 70.4 Å². The van der Waals surface area contributed by atoms with Crippen LogP contribution in [0.4, 0.5) is 0 Å². The third-order valence-electron chi connectivity index (χ3n) is 3.35. The largest absolute Gasteiger partial charge is 0.360 e. The Morgan fingerprint density at radius 1 is 1.29 bits per heavy atom. The summed E-state index contributed by atoms with van der Waals surface area (Å²) in [5.74, 6) is 0. The van der Waals surface area contributed by atoms with Gasteiger partial charge in [-0.1, -0.05) is 31.2 Å². The van der Waals surface area contributed by atoms with Gasteiger partial charge in [0.1, 0.15) is 6.73 Å². The molecule has 1 aromatic heterocycles. The van der Waals surface area contributed by atoms with Crippen LogP contribution in [-0.2, 0) is 32.4 Å². The fraction of sp³-hybridized carbons (Fsp3) is 0.533. The van der Waals surface area contributed by atoms with Crippen molar-refractivity contribution in [2.75, 3.05) is 12.9 Å². The molecule has 1 heterocycles. The number of rotatable bonds is 8. The maximum Gasteiger partial charge on any atom is 0.264 e. The molecule has 0 saturated carbocycles. The highest BCUT2D eigenvalue weighted by Gasteiger charge is 2.13. The highest BCUT2D eigenvalue weighted by atomic mass is 35.5. The molecule has 0 aliphatic carbocycles.